The van der Waals surface area contributed by atoms with Crippen LogP contribution in [0, 0.1) is 11.6 Å². The van der Waals surface area contributed by atoms with Crippen molar-refractivity contribution in [3.8, 4) is 17.2 Å². The van der Waals surface area contributed by atoms with E-state index in [0.29, 0.717) is 18.1 Å². The number of nitrogens with one attached hydrogen (secondary N) is 1. The summed E-state index contributed by atoms with van der Waals surface area (Å²) in [6.45, 7) is 0.617. The van der Waals surface area contributed by atoms with Crippen molar-refractivity contribution in [3.63, 3.8) is 0 Å². The van der Waals surface area contributed by atoms with Crippen LogP contribution in [0.2, 0.25) is 0 Å². The lowest BCUT2D eigenvalue weighted by Crippen LogP contribution is -2.41. The second-order valence-corrected chi connectivity index (χ2v) is 5.47. The predicted molar refractivity (Wildman–Crippen MR) is 85.8 cm³/mol. The fourth-order valence-corrected chi connectivity index (χ4v) is 2.33. The second kappa shape index (κ2) is 7.83. The van der Waals surface area contributed by atoms with Crippen molar-refractivity contribution in [2.75, 3.05) is 19.8 Å². The maximum atomic E-state index is 13.4. The summed E-state index contributed by atoms with van der Waals surface area (Å²) < 4.78 is 42.6. The van der Waals surface area contributed by atoms with E-state index in [1.54, 1.807) is 6.07 Å². The van der Waals surface area contributed by atoms with E-state index in [2.05, 4.69) is 5.32 Å². The number of hydrogen-bond acceptors (Lipinski definition) is 4. The molecule has 1 aliphatic rings. The number of carbonyl (C=O) groups excluding carboxylic acids is 1. The zero-order valence-corrected chi connectivity index (χ0v) is 13.3. The van der Waals surface area contributed by atoms with E-state index in [9.17, 15) is 13.6 Å². The van der Waals surface area contributed by atoms with E-state index < -0.39 is 11.6 Å². The molecule has 0 bridgehead atoms. The molecule has 1 atom stereocenters. The lowest BCUT2D eigenvalue weighted by molar-refractivity contribution is -0.122. The molecule has 2 aromatic carbocycles. The highest BCUT2D eigenvalue weighted by atomic mass is 19.1. The zero-order chi connectivity index (χ0) is 17.6. The third-order valence-electron chi connectivity index (χ3n) is 3.58. The number of amides is 1. The first-order chi connectivity index (χ1) is 12.1. The van der Waals surface area contributed by atoms with Crippen LogP contribution in [-0.4, -0.2) is 31.8 Å². The largest absolute Gasteiger partial charge is 0.490 e. The number of carbonyl (C=O) groups is 1. The molecule has 25 heavy (non-hydrogen) atoms. The molecule has 0 aromatic heterocycles. The number of fused-ring (bicyclic) bond motifs is 1. The van der Waals surface area contributed by atoms with Crippen molar-refractivity contribution in [1.29, 1.82) is 0 Å². The van der Waals surface area contributed by atoms with Gasteiger partial charge in [0.2, 0.25) is 5.91 Å². The first-order valence-corrected chi connectivity index (χ1v) is 7.85. The minimum atomic E-state index is -0.799. The molecular weight excluding hydrogens is 332 g/mol. The highest BCUT2D eigenvalue weighted by molar-refractivity contribution is 5.76. The van der Waals surface area contributed by atoms with Crippen LogP contribution in [0.15, 0.2) is 42.5 Å². The molecule has 0 spiro atoms. The van der Waals surface area contributed by atoms with Gasteiger partial charge in [0.05, 0.1) is 19.6 Å². The first-order valence-electron chi connectivity index (χ1n) is 7.85. The van der Waals surface area contributed by atoms with Gasteiger partial charge in [-0.25, -0.2) is 8.78 Å². The molecular formula is C18H17F2NO4. The molecule has 0 saturated carbocycles. The molecule has 0 aliphatic carbocycles. The molecule has 1 heterocycles. The van der Waals surface area contributed by atoms with Crippen LogP contribution in [-0.2, 0) is 4.79 Å². The molecule has 1 aliphatic heterocycles. The van der Waals surface area contributed by atoms with Gasteiger partial charge < -0.3 is 19.5 Å². The molecule has 7 heteroatoms. The normalized spacial score (nSPS) is 15.5. The van der Waals surface area contributed by atoms with Crippen LogP contribution in [0.5, 0.6) is 17.2 Å². The third kappa shape index (κ3) is 4.59. The lowest BCUT2D eigenvalue weighted by atomic mass is 10.2. The summed E-state index contributed by atoms with van der Waals surface area (Å²) in [5.41, 5.74) is 0. The van der Waals surface area contributed by atoms with E-state index in [0.717, 1.165) is 12.1 Å². The Morgan fingerprint density at radius 3 is 2.80 bits per heavy atom. The monoisotopic (exact) mass is 349 g/mol. The highest BCUT2D eigenvalue weighted by Crippen LogP contribution is 2.30. The summed E-state index contributed by atoms with van der Waals surface area (Å²) in [6.07, 6.45) is -0.240. The van der Waals surface area contributed by atoms with Gasteiger partial charge in [-0.3, -0.25) is 4.79 Å². The van der Waals surface area contributed by atoms with Gasteiger partial charge in [0.25, 0.3) is 0 Å². The summed E-state index contributed by atoms with van der Waals surface area (Å²) >= 11 is 0. The summed E-state index contributed by atoms with van der Waals surface area (Å²) in [6, 6.07) is 10.3. The lowest BCUT2D eigenvalue weighted by Gasteiger charge is -2.26. The minimum absolute atomic E-state index is 0.0146. The Balaban J connectivity index is 1.39. The van der Waals surface area contributed by atoms with Crippen molar-refractivity contribution in [2.24, 2.45) is 0 Å². The fraction of sp³-hybridized carbons (Fsp3) is 0.278. The number of ether oxygens (including phenoxy) is 3. The van der Waals surface area contributed by atoms with Gasteiger partial charge in [-0.2, -0.15) is 0 Å². The van der Waals surface area contributed by atoms with E-state index in [1.807, 2.05) is 18.2 Å². The van der Waals surface area contributed by atoms with Crippen molar-refractivity contribution in [2.45, 2.75) is 12.5 Å². The maximum Gasteiger partial charge on any atom is 0.223 e. The van der Waals surface area contributed by atoms with E-state index in [-0.39, 0.29) is 37.3 Å². The van der Waals surface area contributed by atoms with Gasteiger partial charge in [0.1, 0.15) is 18.5 Å². The standard InChI is InChI=1S/C18H17F2NO4/c19-12-5-6-15(14(20)9-12)23-8-7-18(22)21-10-13-11-24-16-3-1-2-4-17(16)25-13/h1-6,9,13H,7-8,10-11H2,(H,21,22). The quantitative estimate of drug-likeness (QED) is 0.871. The smallest absolute Gasteiger partial charge is 0.223 e. The SMILES string of the molecule is O=C(CCOc1ccc(F)cc1F)NCC1COc2ccccc2O1. The predicted octanol–water partition coefficient (Wildman–Crippen LogP) is 2.69. The number of rotatable bonds is 6. The van der Waals surface area contributed by atoms with Crippen LogP contribution in [0.25, 0.3) is 0 Å². The summed E-state index contributed by atoms with van der Waals surface area (Å²) in [5.74, 6) is -0.506. The average molecular weight is 349 g/mol. The Morgan fingerprint density at radius 2 is 2.00 bits per heavy atom. The van der Waals surface area contributed by atoms with Crippen LogP contribution in [0.1, 0.15) is 6.42 Å². The Kier molecular flexibility index (Phi) is 5.33. The number of para-hydroxylation sites is 2. The number of halogens is 2. The average Bonchev–Trinajstić information content (AvgIpc) is 2.61. The van der Waals surface area contributed by atoms with Crippen LogP contribution < -0.4 is 19.5 Å². The molecule has 5 nitrogen and oxygen atoms in total. The Labute approximate surface area is 143 Å². The Morgan fingerprint density at radius 1 is 1.20 bits per heavy atom. The van der Waals surface area contributed by atoms with Gasteiger partial charge in [-0.05, 0) is 24.3 Å². The Hall–Kier alpha value is -2.83. The summed E-state index contributed by atoms with van der Waals surface area (Å²) in [7, 11) is 0. The fourth-order valence-electron chi connectivity index (χ4n) is 2.33. The molecule has 1 unspecified atom stereocenters. The first kappa shape index (κ1) is 17.0. The summed E-state index contributed by atoms with van der Waals surface area (Å²) in [4.78, 5) is 11.8. The molecule has 0 saturated heterocycles. The van der Waals surface area contributed by atoms with Crippen molar-refractivity contribution < 1.29 is 27.8 Å². The van der Waals surface area contributed by atoms with Crippen LogP contribution >= 0.6 is 0 Å². The number of hydrogen-bond donors (Lipinski definition) is 1. The van der Waals surface area contributed by atoms with Crippen molar-refractivity contribution in [1.82, 2.24) is 5.32 Å². The van der Waals surface area contributed by atoms with Gasteiger partial charge in [0.15, 0.2) is 23.1 Å². The van der Waals surface area contributed by atoms with Gasteiger partial charge in [-0.15, -0.1) is 0 Å². The third-order valence-corrected chi connectivity index (χ3v) is 3.58. The van der Waals surface area contributed by atoms with E-state index in [1.165, 1.54) is 6.07 Å². The second-order valence-electron chi connectivity index (χ2n) is 5.47. The van der Waals surface area contributed by atoms with Gasteiger partial charge >= 0.3 is 0 Å². The van der Waals surface area contributed by atoms with Crippen LogP contribution in [0.3, 0.4) is 0 Å². The van der Waals surface area contributed by atoms with Crippen molar-refractivity contribution in [3.05, 3.63) is 54.1 Å². The molecule has 1 N–H and O–H groups in total. The highest BCUT2D eigenvalue weighted by Gasteiger charge is 2.20. The van der Waals surface area contributed by atoms with Gasteiger partial charge in [0, 0.05) is 6.07 Å². The van der Waals surface area contributed by atoms with E-state index in [4.69, 9.17) is 14.2 Å². The maximum absolute atomic E-state index is 13.4. The molecule has 0 fully saturated rings. The van der Waals surface area contributed by atoms with Gasteiger partial charge in [-0.1, -0.05) is 12.1 Å². The summed E-state index contributed by atoms with van der Waals surface area (Å²) in [5, 5.41) is 2.72. The van der Waals surface area contributed by atoms with Crippen LogP contribution in [0.4, 0.5) is 8.78 Å². The zero-order valence-electron chi connectivity index (χ0n) is 13.3. The minimum Gasteiger partial charge on any atom is -0.490 e. The molecule has 0 radical (unpaired) electrons. The Bertz CT molecular complexity index is 754. The van der Waals surface area contributed by atoms with E-state index >= 15 is 0 Å². The number of benzene rings is 2. The molecule has 2 aromatic rings. The topological polar surface area (TPSA) is 56.8 Å². The molecule has 1 amide bonds. The molecule has 132 valence electrons. The molecule has 3 rings (SSSR count). The van der Waals surface area contributed by atoms with Crippen molar-refractivity contribution >= 4 is 5.91 Å².